The molecule has 0 aliphatic heterocycles. The molecule has 0 saturated heterocycles. The minimum absolute atomic E-state index is 0. The van der Waals surface area contributed by atoms with Gasteiger partial charge in [-0.3, -0.25) is 0 Å². The van der Waals surface area contributed by atoms with E-state index in [0.29, 0.717) is 0 Å². The van der Waals surface area contributed by atoms with Gasteiger partial charge >= 0.3 is 0 Å². The quantitative estimate of drug-likeness (QED) is 0.919. The molecule has 0 heterocycles. The molecule has 1 N–H and O–H groups in total. The van der Waals surface area contributed by atoms with Crippen molar-refractivity contribution in [1.29, 1.82) is 0 Å². The molecular weight excluding hydrogens is 270 g/mol. The van der Waals surface area contributed by atoms with Crippen molar-refractivity contribution < 1.29 is 4.74 Å². The van der Waals surface area contributed by atoms with E-state index >= 15 is 0 Å². The van der Waals surface area contributed by atoms with Gasteiger partial charge in [-0.25, -0.2) is 0 Å². The summed E-state index contributed by atoms with van der Waals surface area (Å²) in [5.74, 6) is 0.897. The summed E-state index contributed by atoms with van der Waals surface area (Å²) < 4.78 is 5.20. The van der Waals surface area contributed by atoms with Gasteiger partial charge in [0.2, 0.25) is 0 Å². The second-order valence-electron chi connectivity index (χ2n) is 5.14. The molecule has 2 nitrogen and oxygen atoms in total. The van der Waals surface area contributed by atoms with Crippen LogP contribution >= 0.6 is 12.4 Å². The average molecular weight is 290 g/mol. The maximum absolute atomic E-state index is 5.20. The van der Waals surface area contributed by atoms with E-state index in [9.17, 15) is 0 Å². The molecule has 0 radical (unpaired) electrons. The zero-order valence-corrected chi connectivity index (χ0v) is 12.7. The molecule has 3 rings (SSSR count). The monoisotopic (exact) mass is 289 g/mol. The van der Waals surface area contributed by atoms with Crippen LogP contribution in [0.1, 0.15) is 18.4 Å². The number of nitrogens with one attached hydrogen (secondary N) is 1. The summed E-state index contributed by atoms with van der Waals surface area (Å²) in [4.78, 5) is 0. The molecule has 3 heteroatoms. The summed E-state index contributed by atoms with van der Waals surface area (Å²) in [5.41, 5.74) is 4.11. The summed E-state index contributed by atoms with van der Waals surface area (Å²) in [7, 11) is 3.74. The standard InChI is InChI=1S/C17H19NO.ClH/c1-18-17(10-11-17)15-5-3-4-14(12-15)13-6-8-16(19-2)9-7-13;/h3-9,12,18H,10-11H2,1-2H3;1H. The molecule has 0 amide bonds. The number of ether oxygens (including phenoxy) is 1. The predicted molar refractivity (Wildman–Crippen MR) is 85.6 cm³/mol. The molecule has 0 bridgehead atoms. The van der Waals surface area contributed by atoms with Crippen LogP contribution in [0.5, 0.6) is 5.75 Å². The smallest absolute Gasteiger partial charge is 0.118 e. The van der Waals surface area contributed by atoms with Gasteiger partial charge in [0.05, 0.1) is 7.11 Å². The summed E-state index contributed by atoms with van der Waals surface area (Å²) >= 11 is 0. The Morgan fingerprint density at radius 3 is 2.25 bits per heavy atom. The highest BCUT2D eigenvalue weighted by molar-refractivity contribution is 5.85. The fraction of sp³-hybridized carbons (Fsp3) is 0.294. The lowest BCUT2D eigenvalue weighted by atomic mass is 9.98. The van der Waals surface area contributed by atoms with Gasteiger partial charge < -0.3 is 10.1 Å². The van der Waals surface area contributed by atoms with Gasteiger partial charge in [-0.1, -0.05) is 30.3 Å². The van der Waals surface area contributed by atoms with Gasteiger partial charge in [0.25, 0.3) is 0 Å². The molecule has 0 aromatic heterocycles. The number of methoxy groups -OCH3 is 1. The SMILES string of the molecule is CNC1(c2cccc(-c3ccc(OC)cc3)c2)CC1.Cl. The Labute approximate surface area is 126 Å². The largest absolute Gasteiger partial charge is 0.497 e. The molecule has 1 aliphatic carbocycles. The third kappa shape index (κ3) is 2.67. The maximum Gasteiger partial charge on any atom is 0.118 e. The molecular formula is C17H20ClNO. The summed E-state index contributed by atoms with van der Waals surface area (Å²) in [6.45, 7) is 0. The normalized spacial score (nSPS) is 15.3. The topological polar surface area (TPSA) is 21.3 Å². The zero-order valence-electron chi connectivity index (χ0n) is 11.8. The van der Waals surface area contributed by atoms with E-state index in [-0.39, 0.29) is 17.9 Å². The van der Waals surface area contributed by atoms with Gasteiger partial charge in [0.1, 0.15) is 5.75 Å². The molecule has 0 unspecified atom stereocenters. The van der Waals surface area contributed by atoms with Crippen LogP contribution in [0.4, 0.5) is 0 Å². The Bertz CT molecular complexity index is 576. The first-order valence-electron chi connectivity index (χ1n) is 6.71. The Morgan fingerprint density at radius 1 is 1.00 bits per heavy atom. The van der Waals surface area contributed by atoms with Gasteiger partial charge in [0.15, 0.2) is 0 Å². The lowest BCUT2D eigenvalue weighted by molar-refractivity contribution is 0.415. The van der Waals surface area contributed by atoms with Crippen molar-refractivity contribution in [3.05, 3.63) is 54.1 Å². The van der Waals surface area contributed by atoms with Crippen LogP contribution in [-0.2, 0) is 5.54 Å². The molecule has 106 valence electrons. The third-order valence-electron chi connectivity index (χ3n) is 4.07. The fourth-order valence-corrected chi connectivity index (χ4v) is 2.59. The van der Waals surface area contributed by atoms with E-state index in [1.54, 1.807) is 7.11 Å². The van der Waals surface area contributed by atoms with E-state index < -0.39 is 0 Å². The fourth-order valence-electron chi connectivity index (χ4n) is 2.59. The molecule has 2 aromatic rings. The lowest BCUT2D eigenvalue weighted by Crippen LogP contribution is -2.24. The van der Waals surface area contributed by atoms with Crippen molar-refractivity contribution in [1.82, 2.24) is 5.32 Å². The van der Waals surface area contributed by atoms with Crippen LogP contribution in [-0.4, -0.2) is 14.2 Å². The summed E-state index contributed by atoms with van der Waals surface area (Å²) in [5, 5.41) is 3.45. The number of hydrogen-bond donors (Lipinski definition) is 1. The summed E-state index contributed by atoms with van der Waals surface area (Å²) in [6.07, 6.45) is 2.46. The van der Waals surface area contributed by atoms with E-state index in [4.69, 9.17) is 4.74 Å². The molecule has 0 spiro atoms. The first kappa shape index (κ1) is 14.9. The molecule has 20 heavy (non-hydrogen) atoms. The molecule has 2 aromatic carbocycles. The van der Waals surface area contributed by atoms with E-state index in [1.165, 1.54) is 29.5 Å². The van der Waals surface area contributed by atoms with Gasteiger partial charge in [-0.05, 0) is 54.8 Å². The molecule has 1 saturated carbocycles. The minimum Gasteiger partial charge on any atom is -0.497 e. The predicted octanol–water partition coefficient (Wildman–Crippen LogP) is 3.99. The van der Waals surface area contributed by atoms with Crippen LogP contribution in [0.3, 0.4) is 0 Å². The molecule has 1 fully saturated rings. The molecule has 0 atom stereocenters. The third-order valence-corrected chi connectivity index (χ3v) is 4.07. The second kappa shape index (κ2) is 5.86. The zero-order chi connectivity index (χ0) is 13.3. The van der Waals surface area contributed by atoms with Crippen LogP contribution < -0.4 is 10.1 Å². The maximum atomic E-state index is 5.20. The van der Waals surface area contributed by atoms with Crippen LogP contribution in [0.2, 0.25) is 0 Å². The van der Waals surface area contributed by atoms with Crippen molar-refractivity contribution in [2.24, 2.45) is 0 Å². The Morgan fingerprint density at radius 2 is 1.70 bits per heavy atom. The first-order chi connectivity index (χ1) is 9.27. The van der Waals surface area contributed by atoms with Crippen LogP contribution in [0.25, 0.3) is 11.1 Å². The summed E-state index contributed by atoms with van der Waals surface area (Å²) in [6, 6.07) is 17.1. The number of benzene rings is 2. The number of hydrogen-bond acceptors (Lipinski definition) is 2. The minimum atomic E-state index is 0. The van der Waals surface area contributed by atoms with Crippen LogP contribution in [0, 0.1) is 0 Å². The first-order valence-corrected chi connectivity index (χ1v) is 6.71. The van der Waals surface area contributed by atoms with Crippen molar-refractivity contribution in [2.45, 2.75) is 18.4 Å². The lowest BCUT2D eigenvalue weighted by Gasteiger charge is -2.15. The van der Waals surface area contributed by atoms with Gasteiger partial charge in [-0.2, -0.15) is 0 Å². The number of rotatable bonds is 4. The van der Waals surface area contributed by atoms with Crippen molar-refractivity contribution in [3.63, 3.8) is 0 Å². The highest BCUT2D eigenvalue weighted by atomic mass is 35.5. The van der Waals surface area contributed by atoms with Crippen molar-refractivity contribution in [2.75, 3.05) is 14.2 Å². The van der Waals surface area contributed by atoms with Crippen molar-refractivity contribution >= 4 is 12.4 Å². The Kier molecular flexibility index (Phi) is 4.36. The van der Waals surface area contributed by atoms with Gasteiger partial charge in [-0.15, -0.1) is 12.4 Å². The van der Waals surface area contributed by atoms with E-state index in [2.05, 4.69) is 41.7 Å². The highest BCUT2D eigenvalue weighted by Crippen LogP contribution is 2.45. The Balaban J connectivity index is 0.00000147. The van der Waals surface area contributed by atoms with Gasteiger partial charge in [0, 0.05) is 5.54 Å². The second-order valence-corrected chi connectivity index (χ2v) is 5.14. The van der Waals surface area contributed by atoms with E-state index in [0.717, 1.165) is 5.75 Å². The Hall–Kier alpha value is -1.51. The van der Waals surface area contributed by atoms with E-state index in [1.807, 2.05) is 19.2 Å². The number of halogens is 1. The average Bonchev–Trinajstić information content (AvgIpc) is 3.29. The van der Waals surface area contributed by atoms with Crippen LogP contribution in [0.15, 0.2) is 48.5 Å². The van der Waals surface area contributed by atoms with Crippen molar-refractivity contribution in [3.8, 4) is 16.9 Å². The highest BCUT2D eigenvalue weighted by Gasteiger charge is 2.42. The molecule has 1 aliphatic rings.